The summed E-state index contributed by atoms with van der Waals surface area (Å²) in [7, 11) is -2.09. The summed E-state index contributed by atoms with van der Waals surface area (Å²) in [6.45, 7) is 3.15. The number of nitrogens with zero attached hydrogens (tertiary/aromatic N) is 2. The SMILES string of the molecule is COc1ccccc1N1CCN(C(=S)SCC(=O)Nc2ccc(S(N)(=O)=O)cc2)CC1. The van der Waals surface area contributed by atoms with Crippen molar-refractivity contribution in [2.75, 3.05) is 49.3 Å². The highest BCUT2D eigenvalue weighted by Gasteiger charge is 2.21. The number of piperazine rings is 1. The van der Waals surface area contributed by atoms with E-state index in [2.05, 4.69) is 15.1 Å². The van der Waals surface area contributed by atoms with Crippen molar-refractivity contribution in [3.05, 3.63) is 48.5 Å². The summed E-state index contributed by atoms with van der Waals surface area (Å²) >= 11 is 6.81. The van der Waals surface area contributed by atoms with E-state index in [1.54, 1.807) is 7.11 Å². The molecule has 166 valence electrons. The molecule has 1 aliphatic heterocycles. The van der Waals surface area contributed by atoms with E-state index in [1.165, 1.54) is 36.0 Å². The summed E-state index contributed by atoms with van der Waals surface area (Å²) in [6.07, 6.45) is 0. The molecule has 1 amide bonds. The van der Waals surface area contributed by atoms with Gasteiger partial charge in [-0.25, -0.2) is 13.6 Å². The number of carbonyl (C=O) groups excluding carboxylic acids is 1. The lowest BCUT2D eigenvalue weighted by Gasteiger charge is -2.37. The van der Waals surface area contributed by atoms with Gasteiger partial charge < -0.3 is 19.9 Å². The third-order valence-corrected chi connectivity index (χ3v) is 7.21. The Kier molecular flexibility index (Phi) is 7.76. The number of nitrogens with one attached hydrogen (secondary N) is 1. The second-order valence-electron chi connectivity index (χ2n) is 6.82. The van der Waals surface area contributed by atoms with Gasteiger partial charge in [-0.3, -0.25) is 4.79 Å². The molecule has 0 unspecified atom stereocenters. The van der Waals surface area contributed by atoms with Crippen LogP contribution in [0.5, 0.6) is 5.75 Å². The second kappa shape index (κ2) is 10.3. The molecule has 31 heavy (non-hydrogen) atoms. The van der Waals surface area contributed by atoms with Crippen molar-refractivity contribution in [2.45, 2.75) is 4.90 Å². The Morgan fingerprint density at radius 2 is 1.77 bits per heavy atom. The number of anilines is 2. The van der Waals surface area contributed by atoms with Crippen LogP contribution in [0.25, 0.3) is 0 Å². The highest BCUT2D eigenvalue weighted by molar-refractivity contribution is 8.23. The number of amides is 1. The van der Waals surface area contributed by atoms with Gasteiger partial charge in [0.1, 0.15) is 10.1 Å². The first-order valence-electron chi connectivity index (χ1n) is 9.50. The van der Waals surface area contributed by atoms with E-state index < -0.39 is 10.0 Å². The molecule has 0 saturated carbocycles. The minimum atomic E-state index is -3.76. The number of primary sulfonamides is 1. The number of nitrogens with two attached hydrogens (primary N) is 1. The fraction of sp³-hybridized carbons (Fsp3) is 0.300. The number of ether oxygens (including phenoxy) is 1. The summed E-state index contributed by atoms with van der Waals surface area (Å²) in [6, 6.07) is 13.6. The fourth-order valence-electron chi connectivity index (χ4n) is 3.16. The number of rotatable bonds is 6. The van der Waals surface area contributed by atoms with E-state index in [9.17, 15) is 13.2 Å². The number of thioether (sulfide) groups is 1. The maximum absolute atomic E-state index is 12.2. The molecule has 11 heteroatoms. The van der Waals surface area contributed by atoms with Crippen molar-refractivity contribution in [3.63, 3.8) is 0 Å². The topological polar surface area (TPSA) is 105 Å². The van der Waals surface area contributed by atoms with E-state index in [1.807, 2.05) is 24.3 Å². The van der Waals surface area contributed by atoms with Crippen LogP contribution in [0.15, 0.2) is 53.4 Å². The largest absolute Gasteiger partial charge is 0.495 e. The zero-order chi connectivity index (χ0) is 22.4. The van der Waals surface area contributed by atoms with Gasteiger partial charge in [0.2, 0.25) is 15.9 Å². The molecule has 0 radical (unpaired) electrons. The van der Waals surface area contributed by atoms with Crippen LogP contribution < -0.4 is 20.1 Å². The Morgan fingerprint density at radius 3 is 2.39 bits per heavy atom. The number of hydrogen-bond donors (Lipinski definition) is 2. The predicted molar refractivity (Wildman–Crippen MR) is 128 cm³/mol. The molecule has 3 N–H and O–H groups in total. The van der Waals surface area contributed by atoms with Gasteiger partial charge >= 0.3 is 0 Å². The van der Waals surface area contributed by atoms with Gasteiger partial charge in [-0.15, -0.1) is 0 Å². The Bertz CT molecular complexity index is 1040. The molecule has 0 aromatic heterocycles. The molecule has 2 aromatic carbocycles. The van der Waals surface area contributed by atoms with Crippen LogP contribution in [0.3, 0.4) is 0 Å². The van der Waals surface area contributed by atoms with Crippen LogP contribution in [0.4, 0.5) is 11.4 Å². The van der Waals surface area contributed by atoms with Crippen LogP contribution in [-0.4, -0.2) is 62.6 Å². The van der Waals surface area contributed by atoms with E-state index in [-0.39, 0.29) is 16.6 Å². The van der Waals surface area contributed by atoms with Gasteiger partial charge in [0, 0.05) is 31.9 Å². The van der Waals surface area contributed by atoms with Crippen molar-refractivity contribution in [1.29, 1.82) is 0 Å². The smallest absolute Gasteiger partial charge is 0.238 e. The molecular weight excluding hydrogens is 456 g/mol. The van der Waals surface area contributed by atoms with Crippen molar-refractivity contribution in [1.82, 2.24) is 4.90 Å². The minimum absolute atomic E-state index is 0.00619. The van der Waals surface area contributed by atoms with Crippen LogP contribution in [-0.2, 0) is 14.8 Å². The van der Waals surface area contributed by atoms with Crippen LogP contribution in [0, 0.1) is 0 Å². The summed E-state index contributed by atoms with van der Waals surface area (Å²) in [5, 5.41) is 7.79. The van der Waals surface area contributed by atoms with Crippen LogP contribution in [0.1, 0.15) is 0 Å². The zero-order valence-corrected chi connectivity index (χ0v) is 19.4. The maximum atomic E-state index is 12.2. The average molecular weight is 481 g/mol. The minimum Gasteiger partial charge on any atom is -0.495 e. The molecule has 8 nitrogen and oxygen atoms in total. The lowest BCUT2D eigenvalue weighted by atomic mass is 10.2. The monoisotopic (exact) mass is 480 g/mol. The Labute approximate surface area is 191 Å². The van der Waals surface area contributed by atoms with Crippen molar-refractivity contribution >= 4 is 55.6 Å². The molecule has 1 fully saturated rings. The van der Waals surface area contributed by atoms with Gasteiger partial charge in [-0.2, -0.15) is 0 Å². The predicted octanol–water partition coefficient (Wildman–Crippen LogP) is 2.12. The van der Waals surface area contributed by atoms with E-state index in [4.69, 9.17) is 22.1 Å². The molecule has 2 aromatic rings. The standard InChI is InChI=1S/C20H24N4O4S3/c1-28-18-5-3-2-4-17(18)23-10-12-24(13-11-23)20(29)30-14-19(25)22-15-6-8-16(9-7-15)31(21,26)27/h2-9H,10-14H2,1H3,(H,22,25)(H2,21,26,27). The lowest BCUT2D eigenvalue weighted by Crippen LogP contribution is -2.47. The quantitative estimate of drug-likeness (QED) is 0.606. The lowest BCUT2D eigenvalue weighted by molar-refractivity contribution is -0.113. The first kappa shape index (κ1) is 23.3. The summed E-state index contributed by atoms with van der Waals surface area (Å²) in [5.41, 5.74) is 1.56. The summed E-state index contributed by atoms with van der Waals surface area (Å²) in [5.74, 6) is 0.799. The third kappa shape index (κ3) is 6.33. The normalized spacial score (nSPS) is 14.3. The number of sulfonamides is 1. The first-order chi connectivity index (χ1) is 14.8. The number of carbonyl (C=O) groups is 1. The van der Waals surface area contributed by atoms with E-state index in [0.717, 1.165) is 37.6 Å². The Morgan fingerprint density at radius 1 is 1.13 bits per heavy atom. The highest BCUT2D eigenvalue weighted by atomic mass is 32.2. The average Bonchev–Trinajstić information content (AvgIpc) is 2.77. The first-order valence-corrected chi connectivity index (χ1v) is 12.4. The van der Waals surface area contributed by atoms with E-state index >= 15 is 0 Å². The molecule has 0 spiro atoms. The number of para-hydroxylation sites is 2. The second-order valence-corrected chi connectivity index (χ2v) is 9.99. The van der Waals surface area contributed by atoms with Crippen molar-refractivity contribution in [3.8, 4) is 5.75 Å². The summed E-state index contributed by atoms with van der Waals surface area (Å²) in [4.78, 5) is 16.6. The summed E-state index contributed by atoms with van der Waals surface area (Å²) < 4.78 is 28.7. The molecular formula is C20H24N4O4S3. The van der Waals surface area contributed by atoms with Crippen molar-refractivity contribution < 1.29 is 17.9 Å². The number of thiocarbonyl (C=S) groups is 1. The number of methoxy groups -OCH3 is 1. The molecule has 3 rings (SSSR count). The highest BCUT2D eigenvalue weighted by Crippen LogP contribution is 2.28. The van der Waals surface area contributed by atoms with Crippen LogP contribution >= 0.6 is 24.0 Å². The molecule has 1 heterocycles. The molecule has 1 aliphatic rings. The molecule has 0 atom stereocenters. The van der Waals surface area contributed by atoms with Crippen LogP contribution in [0.2, 0.25) is 0 Å². The molecule has 1 saturated heterocycles. The van der Waals surface area contributed by atoms with Gasteiger partial charge in [0.25, 0.3) is 0 Å². The molecule has 0 bridgehead atoms. The van der Waals surface area contributed by atoms with Gasteiger partial charge in [0.15, 0.2) is 0 Å². The number of benzene rings is 2. The van der Waals surface area contributed by atoms with Gasteiger partial charge in [0.05, 0.1) is 23.4 Å². The fourth-order valence-corrected chi connectivity index (χ4v) is 4.73. The zero-order valence-electron chi connectivity index (χ0n) is 17.0. The Hall–Kier alpha value is -2.34. The van der Waals surface area contributed by atoms with Crippen molar-refractivity contribution in [2.24, 2.45) is 5.14 Å². The van der Waals surface area contributed by atoms with E-state index in [0.29, 0.717) is 10.0 Å². The molecule has 0 aliphatic carbocycles. The number of hydrogen-bond acceptors (Lipinski definition) is 7. The van der Waals surface area contributed by atoms with Gasteiger partial charge in [-0.1, -0.05) is 36.1 Å². The third-order valence-electron chi connectivity index (χ3n) is 4.76. The Balaban J connectivity index is 1.45. The van der Waals surface area contributed by atoms with Gasteiger partial charge in [-0.05, 0) is 36.4 Å². The maximum Gasteiger partial charge on any atom is 0.238 e.